The Kier molecular flexibility index (Phi) is 4.14. The molecule has 0 amide bonds. The summed E-state index contributed by atoms with van der Waals surface area (Å²) in [6, 6.07) is 0. The summed E-state index contributed by atoms with van der Waals surface area (Å²) in [5.74, 6) is 2.14. The van der Waals surface area contributed by atoms with E-state index in [4.69, 9.17) is 5.11 Å². The van der Waals surface area contributed by atoms with Crippen LogP contribution in [-0.4, -0.2) is 28.2 Å². The summed E-state index contributed by atoms with van der Waals surface area (Å²) in [5, 5.41) is 15.5. The molecule has 2 rings (SSSR count). The van der Waals surface area contributed by atoms with Gasteiger partial charge in [0.15, 0.2) is 0 Å². The Morgan fingerprint density at radius 2 is 2.17 bits per heavy atom. The van der Waals surface area contributed by atoms with Gasteiger partial charge in [0, 0.05) is 13.2 Å². The van der Waals surface area contributed by atoms with Crippen LogP contribution in [0.2, 0.25) is 0 Å². The van der Waals surface area contributed by atoms with Crippen LogP contribution in [0.1, 0.15) is 24.7 Å². The number of aliphatic hydroxyl groups is 1. The molecule has 5 heteroatoms. The molecule has 18 heavy (non-hydrogen) atoms. The van der Waals surface area contributed by atoms with Gasteiger partial charge in [-0.2, -0.15) is 0 Å². The Bertz CT molecular complexity index is 538. The fourth-order valence-electron chi connectivity index (χ4n) is 1.91. The number of aryl methyl sites for hydroxylation is 2. The molecule has 0 saturated carbocycles. The molecule has 0 aliphatic rings. The number of hydrogen-bond acceptors (Lipinski definition) is 5. The van der Waals surface area contributed by atoms with Crippen LogP contribution in [0.15, 0.2) is 5.38 Å². The maximum Gasteiger partial charge on any atom is 0.138 e. The molecule has 4 nitrogen and oxygen atoms in total. The molecule has 0 radical (unpaired) electrons. The SMILES string of the molecule is Cc1nc(NC[C@@H](C)CCO)c2c(C)csc2n1. The predicted octanol–water partition coefficient (Wildman–Crippen LogP) is 2.74. The van der Waals surface area contributed by atoms with E-state index in [1.807, 2.05) is 6.92 Å². The second-order valence-electron chi connectivity index (χ2n) is 4.72. The van der Waals surface area contributed by atoms with Gasteiger partial charge in [-0.05, 0) is 37.1 Å². The van der Waals surface area contributed by atoms with Gasteiger partial charge in [0.1, 0.15) is 16.5 Å². The Hall–Kier alpha value is -1.20. The van der Waals surface area contributed by atoms with Crippen molar-refractivity contribution in [2.75, 3.05) is 18.5 Å². The van der Waals surface area contributed by atoms with Crippen molar-refractivity contribution in [1.82, 2.24) is 9.97 Å². The maximum atomic E-state index is 8.91. The first-order valence-corrected chi connectivity index (χ1v) is 7.07. The first-order valence-electron chi connectivity index (χ1n) is 6.19. The molecule has 0 bridgehead atoms. The van der Waals surface area contributed by atoms with Crippen LogP contribution in [-0.2, 0) is 0 Å². The number of aliphatic hydroxyl groups excluding tert-OH is 1. The molecule has 0 aliphatic heterocycles. The Balaban J connectivity index is 2.23. The van der Waals surface area contributed by atoms with E-state index < -0.39 is 0 Å². The van der Waals surface area contributed by atoms with Crippen molar-refractivity contribution < 1.29 is 5.11 Å². The van der Waals surface area contributed by atoms with Crippen molar-refractivity contribution in [3.63, 3.8) is 0 Å². The Labute approximate surface area is 111 Å². The van der Waals surface area contributed by atoms with Crippen LogP contribution in [0.25, 0.3) is 10.2 Å². The summed E-state index contributed by atoms with van der Waals surface area (Å²) < 4.78 is 0. The minimum atomic E-state index is 0.235. The maximum absolute atomic E-state index is 8.91. The number of anilines is 1. The van der Waals surface area contributed by atoms with Gasteiger partial charge in [-0.1, -0.05) is 6.92 Å². The van der Waals surface area contributed by atoms with Gasteiger partial charge in [0.25, 0.3) is 0 Å². The van der Waals surface area contributed by atoms with Gasteiger partial charge in [-0.15, -0.1) is 11.3 Å². The first-order chi connectivity index (χ1) is 8.61. The molecule has 1 atom stereocenters. The topological polar surface area (TPSA) is 58.0 Å². The lowest BCUT2D eigenvalue weighted by molar-refractivity contribution is 0.266. The number of fused-ring (bicyclic) bond motifs is 1. The molecule has 0 aromatic carbocycles. The van der Waals surface area contributed by atoms with E-state index in [-0.39, 0.29) is 6.61 Å². The molecule has 0 saturated heterocycles. The summed E-state index contributed by atoms with van der Waals surface area (Å²) in [6.07, 6.45) is 0.808. The van der Waals surface area contributed by atoms with Crippen LogP contribution in [0.5, 0.6) is 0 Å². The van der Waals surface area contributed by atoms with E-state index in [1.165, 1.54) is 5.56 Å². The number of aromatic nitrogens is 2. The number of nitrogens with one attached hydrogen (secondary N) is 1. The van der Waals surface area contributed by atoms with E-state index in [0.29, 0.717) is 5.92 Å². The van der Waals surface area contributed by atoms with Crippen LogP contribution >= 0.6 is 11.3 Å². The molecule has 0 unspecified atom stereocenters. The highest BCUT2D eigenvalue weighted by molar-refractivity contribution is 7.17. The fraction of sp³-hybridized carbons (Fsp3) is 0.538. The average molecular weight is 265 g/mol. The lowest BCUT2D eigenvalue weighted by Gasteiger charge is -2.13. The van der Waals surface area contributed by atoms with Gasteiger partial charge in [0.2, 0.25) is 0 Å². The number of thiophene rings is 1. The molecule has 2 aromatic rings. The van der Waals surface area contributed by atoms with Gasteiger partial charge >= 0.3 is 0 Å². The fourth-order valence-corrected chi connectivity index (χ4v) is 2.88. The highest BCUT2D eigenvalue weighted by Gasteiger charge is 2.11. The highest BCUT2D eigenvalue weighted by Crippen LogP contribution is 2.29. The summed E-state index contributed by atoms with van der Waals surface area (Å²) in [6.45, 7) is 7.17. The van der Waals surface area contributed by atoms with Crippen LogP contribution in [0.4, 0.5) is 5.82 Å². The van der Waals surface area contributed by atoms with Crippen molar-refractivity contribution in [3.8, 4) is 0 Å². The van der Waals surface area contributed by atoms with Crippen LogP contribution < -0.4 is 5.32 Å². The molecular weight excluding hydrogens is 246 g/mol. The number of nitrogens with zero attached hydrogens (tertiary/aromatic N) is 2. The summed E-state index contributed by atoms with van der Waals surface area (Å²) >= 11 is 1.66. The van der Waals surface area contributed by atoms with Gasteiger partial charge in [-0.3, -0.25) is 0 Å². The standard InChI is InChI=1S/C13H19N3OS/c1-8(4-5-17)6-14-12-11-9(2)7-18-13(11)16-10(3)15-12/h7-8,17H,4-6H2,1-3H3,(H,14,15,16)/t8-/m0/s1. The van der Waals surface area contributed by atoms with E-state index in [0.717, 1.165) is 34.8 Å². The van der Waals surface area contributed by atoms with Crippen molar-refractivity contribution in [1.29, 1.82) is 0 Å². The summed E-state index contributed by atoms with van der Waals surface area (Å²) in [7, 11) is 0. The zero-order chi connectivity index (χ0) is 13.1. The third kappa shape index (κ3) is 2.79. The molecule has 2 aromatic heterocycles. The smallest absolute Gasteiger partial charge is 0.138 e. The van der Waals surface area contributed by atoms with Gasteiger partial charge < -0.3 is 10.4 Å². The number of hydrogen-bond donors (Lipinski definition) is 2. The molecule has 2 heterocycles. The van der Waals surface area contributed by atoms with Crippen molar-refractivity contribution in [3.05, 3.63) is 16.8 Å². The van der Waals surface area contributed by atoms with Crippen molar-refractivity contribution >= 4 is 27.4 Å². The summed E-state index contributed by atoms with van der Waals surface area (Å²) in [5.41, 5.74) is 1.22. The molecule has 0 aliphatic carbocycles. The highest BCUT2D eigenvalue weighted by atomic mass is 32.1. The van der Waals surface area contributed by atoms with Crippen LogP contribution in [0, 0.1) is 19.8 Å². The first kappa shape index (κ1) is 13.2. The molecule has 98 valence electrons. The molecule has 0 spiro atoms. The van der Waals surface area contributed by atoms with Crippen LogP contribution in [0.3, 0.4) is 0 Å². The van der Waals surface area contributed by atoms with Gasteiger partial charge in [0.05, 0.1) is 5.39 Å². The lowest BCUT2D eigenvalue weighted by atomic mass is 10.1. The van der Waals surface area contributed by atoms with E-state index in [9.17, 15) is 0 Å². The number of rotatable bonds is 5. The molecule has 2 N–H and O–H groups in total. The van der Waals surface area contributed by atoms with E-state index in [1.54, 1.807) is 11.3 Å². The monoisotopic (exact) mass is 265 g/mol. The Morgan fingerprint density at radius 1 is 1.39 bits per heavy atom. The minimum absolute atomic E-state index is 0.235. The van der Waals surface area contributed by atoms with Crippen molar-refractivity contribution in [2.45, 2.75) is 27.2 Å². The zero-order valence-electron chi connectivity index (χ0n) is 11.0. The average Bonchev–Trinajstić information content (AvgIpc) is 2.68. The third-order valence-corrected chi connectivity index (χ3v) is 3.96. The zero-order valence-corrected chi connectivity index (χ0v) is 11.8. The second kappa shape index (κ2) is 5.63. The quantitative estimate of drug-likeness (QED) is 0.872. The van der Waals surface area contributed by atoms with E-state index in [2.05, 4.69) is 34.5 Å². The summed E-state index contributed by atoms with van der Waals surface area (Å²) in [4.78, 5) is 9.98. The Morgan fingerprint density at radius 3 is 2.89 bits per heavy atom. The molecule has 0 fully saturated rings. The van der Waals surface area contributed by atoms with E-state index >= 15 is 0 Å². The largest absolute Gasteiger partial charge is 0.396 e. The van der Waals surface area contributed by atoms with Crippen molar-refractivity contribution in [2.24, 2.45) is 5.92 Å². The lowest BCUT2D eigenvalue weighted by Crippen LogP contribution is -2.14. The molecular formula is C13H19N3OS. The predicted molar refractivity (Wildman–Crippen MR) is 76.2 cm³/mol. The third-order valence-electron chi connectivity index (χ3n) is 2.97. The van der Waals surface area contributed by atoms with Gasteiger partial charge in [-0.25, -0.2) is 9.97 Å². The second-order valence-corrected chi connectivity index (χ2v) is 5.57. The minimum Gasteiger partial charge on any atom is -0.396 e. The normalized spacial score (nSPS) is 12.9.